The molecule has 0 N–H and O–H groups in total. The number of fused-ring (bicyclic) bond motifs is 3. The van der Waals surface area contributed by atoms with E-state index in [9.17, 15) is 4.79 Å². The minimum atomic E-state index is -0.257. The topological polar surface area (TPSA) is 44.1 Å². The first-order chi connectivity index (χ1) is 13.3. The highest BCUT2D eigenvalue weighted by Crippen LogP contribution is 2.37. The fourth-order valence-corrected chi connectivity index (χ4v) is 5.78. The van der Waals surface area contributed by atoms with E-state index in [0.717, 1.165) is 37.8 Å². The summed E-state index contributed by atoms with van der Waals surface area (Å²) in [4.78, 5) is 21.1. The molecule has 148 valence electrons. The van der Waals surface area contributed by atoms with E-state index < -0.39 is 0 Å². The normalized spacial score (nSPS) is 15.8. The van der Waals surface area contributed by atoms with Crippen molar-refractivity contribution in [2.45, 2.75) is 56.6 Å². The Bertz CT molecular complexity index is 1120. The minimum absolute atomic E-state index is 0.0486. The number of aromatic nitrogens is 2. The van der Waals surface area contributed by atoms with Gasteiger partial charge in [-0.3, -0.25) is 9.36 Å². The second kappa shape index (κ2) is 7.65. The highest BCUT2D eigenvalue weighted by molar-refractivity contribution is 7.98. The summed E-state index contributed by atoms with van der Waals surface area (Å²) in [5.74, 6) is 1.36. The van der Waals surface area contributed by atoms with Crippen molar-refractivity contribution in [3.8, 4) is 0 Å². The Kier molecular flexibility index (Phi) is 5.53. The molecular weight excluding hydrogens is 435 g/mol. The van der Waals surface area contributed by atoms with Crippen molar-refractivity contribution in [2.75, 3.05) is 0 Å². The summed E-state index contributed by atoms with van der Waals surface area (Å²) in [6.45, 7) is 7.24. The Hall–Kier alpha value is -1.05. The molecule has 28 heavy (non-hydrogen) atoms. The first-order valence-corrected chi connectivity index (χ1v) is 11.6. The van der Waals surface area contributed by atoms with Crippen LogP contribution in [0.5, 0.6) is 0 Å². The number of ether oxygens (including phenoxy) is 1. The summed E-state index contributed by atoms with van der Waals surface area (Å²) in [7, 11) is 0. The van der Waals surface area contributed by atoms with E-state index in [4.69, 9.17) is 32.9 Å². The lowest BCUT2D eigenvalue weighted by molar-refractivity contribution is -0.0379. The predicted molar refractivity (Wildman–Crippen MR) is 118 cm³/mol. The van der Waals surface area contributed by atoms with Crippen molar-refractivity contribution in [1.82, 2.24) is 9.55 Å². The summed E-state index contributed by atoms with van der Waals surface area (Å²) in [6, 6.07) is 5.55. The molecule has 0 amide bonds. The van der Waals surface area contributed by atoms with Crippen molar-refractivity contribution in [2.24, 2.45) is 0 Å². The van der Waals surface area contributed by atoms with Crippen LogP contribution in [0.2, 0.25) is 10.0 Å². The van der Waals surface area contributed by atoms with Gasteiger partial charge in [0.25, 0.3) is 5.56 Å². The van der Waals surface area contributed by atoms with Crippen LogP contribution < -0.4 is 5.56 Å². The van der Waals surface area contributed by atoms with E-state index in [1.165, 1.54) is 0 Å². The second-order valence-corrected chi connectivity index (χ2v) is 10.3. The molecule has 1 aliphatic heterocycles. The standard InChI is InChI=1S/C20H20Cl2N2O2S2/c1-4-24-16(10-27-11-5-6-13(21)14(22)7-11)23-18-17(19(24)25)12-8-20(2,3)26-9-15(12)28-18/h5-7H,4,8-10H2,1-3H3. The van der Waals surface area contributed by atoms with Gasteiger partial charge >= 0.3 is 0 Å². The lowest BCUT2D eigenvalue weighted by atomic mass is 9.94. The number of thioether (sulfide) groups is 1. The monoisotopic (exact) mass is 454 g/mol. The number of halogens is 2. The zero-order valence-electron chi connectivity index (χ0n) is 15.8. The maximum absolute atomic E-state index is 13.3. The van der Waals surface area contributed by atoms with E-state index in [-0.39, 0.29) is 11.2 Å². The molecule has 1 aromatic carbocycles. The molecule has 0 spiro atoms. The molecule has 2 aromatic heterocycles. The molecule has 3 heterocycles. The molecule has 0 bridgehead atoms. The van der Waals surface area contributed by atoms with Gasteiger partial charge in [0.15, 0.2) is 0 Å². The Balaban J connectivity index is 1.73. The molecule has 0 saturated carbocycles. The van der Waals surface area contributed by atoms with E-state index >= 15 is 0 Å². The van der Waals surface area contributed by atoms with Gasteiger partial charge in [-0.05, 0) is 44.5 Å². The number of rotatable bonds is 4. The number of hydrogen-bond acceptors (Lipinski definition) is 5. The van der Waals surface area contributed by atoms with Crippen LogP contribution in [0.15, 0.2) is 27.9 Å². The molecule has 0 radical (unpaired) electrons. The van der Waals surface area contributed by atoms with Gasteiger partial charge in [-0.1, -0.05) is 23.2 Å². The quantitative estimate of drug-likeness (QED) is 0.458. The molecule has 4 nitrogen and oxygen atoms in total. The van der Waals surface area contributed by atoms with Crippen LogP contribution in [0.25, 0.3) is 10.2 Å². The van der Waals surface area contributed by atoms with Crippen LogP contribution in [0.3, 0.4) is 0 Å². The van der Waals surface area contributed by atoms with E-state index in [1.807, 2.05) is 19.1 Å². The number of nitrogens with zero attached hydrogens (tertiary/aromatic N) is 2. The van der Waals surface area contributed by atoms with Gasteiger partial charge in [0, 0.05) is 22.7 Å². The molecule has 0 aliphatic carbocycles. The Labute approximate surface area is 181 Å². The lowest BCUT2D eigenvalue weighted by Crippen LogP contribution is -2.32. The molecular formula is C20H20Cl2N2O2S2. The van der Waals surface area contributed by atoms with Crippen LogP contribution in [-0.2, 0) is 30.1 Å². The third-order valence-electron chi connectivity index (χ3n) is 4.85. The van der Waals surface area contributed by atoms with Crippen molar-refractivity contribution in [1.29, 1.82) is 0 Å². The molecule has 1 aliphatic rings. The Morgan fingerprint density at radius 2 is 2.11 bits per heavy atom. The first kappa shape index (κ1) is 20.2. The van der Waals surface area contributed by atoms with Crippen molar-refractivity contribution in [3.63, 3.8) is 0 Å². The molecule has 4 rings (SSSR count). The fourth-order valence-electron chi connectivity index (χ4n) is 3.42. The van der Waals surface area contributed by atoms with Gasteiger partial charge < -0.3 is 4.74 Å². The summed E-state index contributed by atoms with van der Waals surface area (Å²) in [6.07, 6.45) is 0.736. The molecule has 0 saturated heterocycles. The van der Waals surface area contributed by atoms with Crippen molar-refractivity contribution in [3.05, 3.63) is 54.9 Å². The molecule has 0 atom stereocenters. The molecule has 8 heteroatoms. The van der Waals surface area contributed by atoms with E-state index in [2.05, 4.69) is 13.8 Å². The van der Waals surface area contributed by atoms with Gasteiger partial charge in [-0.25, -0.2) is 4.98 Å². The van der Waals surface area contributed by atoms with E-state index in [0.29, 0.717) is 28.9 Å². The zero-order valence-corrected chi connectivity index (χ0v) is 19.0. The van der Waals surface area contributed by atoms with Crippen LogP contribution in [-0.4, -0.2) is 15.2 Å². The van der Waals surface area contributed by atoms with Crippen LogP contribution in [0.1, 0.15) is 37.0 Å². The Morgan fingerprint density at radius 3 is 2.82 bits per heavy atom. The van der Waals surface area contributed by atoms with Crippen LogP contribution in [0, 0.1) is 0 Å². The number of thiophene rings is 1. The third-order valence-corrected chi connectivity index (χ3v) is 7.67. The van der Waals surface area contributed by atoms with Gasteiger partial charge in [0.05, 0.1) is 33.4 Å². The number of hydrogen-bond donors (Lipinski definition) is 0. The predicted octanol–water partition coefficient (Wildman–Crippen LogP) is 5.93. The largest absolute Gasteiger partial charge is 0.370 e. The zero-order chi connectivity index (χ0) is 20.1. The average molecular weight is 455 g/mol. The number of benzene rings is 1. The highest BCUT2D eigenvalue weighted by Gasteiger charge is 2.31. The smallest absolute Gasteiger partial charge is 0.262 e. The summed E-state index contributed by atoms with van der Waals surface area (Å²) < 4.78 is 7.70. The van der Waals surface area contributed by atoms with Crippen molar-refractivity contribution < 1.29 is 4.74 Å². The Morgan fingerprint density at radius 1 is 1.32 bits per heavy atom. The summed E-state index contributed by atoms with van der Waals surface area (Å²) in [5, 5.41) is 1.82. The second-order valence-electron chi connectivity index (χ2n) is 7.35. The average Bonchev–Trinajstić information content (AvgIpc) is 2.99. The summed E-state index contributed by atoms with van der Waals surface area (Å²) >= 11 is 15.3. The minimum Gasteiger partial charge on any atom is -0.370 e. The van der Waals surface area contributed by atoms with E-state index in [1.54, 1.807) is 33.7 Å². The maximum atomic E-state index is 13.3. The van der Waals surface area contributed by atoms with Crippen LogP contribution >= 0.6 is 46.3 Å². The lowest BCUT2D eigenvalue weighted by Gasteiger charge is -2.29. The van der Waals surface area contributed by atoms with Crippen molar-refractivity contribution >= 4 is 56.5 Å². The SMILES string of the molecule is CCn1c(CSc2ccc(Cl)c(Cl)c2)nc2sc3c(c2c1=O)CC(C)(C)OC3. The van der Waals surface area contributed by atoms with Gasteiger partial charge in [0.1, 0.15) is 10.7 Å². The van der Waals surface area contributed by atoms with Gasteiger partial charge in [-0.15, -0.1) is 23.1 Å². The van der Waals surface area contributed by atoms with Crippen LogP contribution in [0.4, 0.5) is 0 Å². The molecule has 0 unspecified atom stereocenters. The molecule has 3 aromatic rings. The maximum Gasteiger partial charge on any atom is 0.262 e. The fraction of sp³-hybridized carbons (Fsp3) is 0.400. The summed E-state index contributed by atoms with van der Waals surface area (Å²) in [5.41, 5.74) is 0.902. The van der Waals surface area contributed by atoms with Gasteiger partial charge in [0.2, 0.25) is 0 Å². The van der Waals surface area contributed by atoms with Gasteiger partial charge in [-0.2, -0.15) is 0 Å². The molecule has 0 fully saturated rings. The third kappa shape index (κ3) is 3.73. The highest BCUT2D eigenvalue weighted by atomic mass is 35.5. The first-order valence-electron chi connectivity index (χ1n) is 9.05.